The summed E-state index contributed by atoms with van der Waals surface area (Å²) in [6, 6.07) is 5.94. The highest BCUT2D eigenvalue weighted by Crippen LogP contribution is 2.39. The summed E-state index contributed by atoms with van der Waals surface area (Å²) in [6.45, 7) is 1.12. The summed E-state index contributed by atoms with van der Waals surface area (Å²) in [7, 11) is 0. The van der Waals surface area contributed by atoms with Crippen LogP contribution in [0.3, 0.4) is 0 Å². The molecule has 140 valence electrons. The normalized spacial score (nSPS) is 16.4. The topological polar surface area (TPSA) is 95.1 Å². The lowest BCUT2D eigenvalue weighted by Gasteiger charge is -2.29. The molecule has 0 bridgehead atoms. The van der Waals surface area contributed by atoms with Crippen LogP contribution < -0.4 is 15.8 Å². The molecule has 1 aromatic heterocycles. The number of rotatable bonds is 7. The molecule has 0 radical (unpaired) electrons. The Morgan fingerprint density at radius 1 is 1.42 bits per heavy atom. The van der Waals surface area contributed by atoms with Crippen molar-refractivity contribution >= 4 is 5.91 Å². The quantitative estimate of drug-likeness (QED) is 0.783. The Morgan fingerprint density at radius 3 is 2.62 bits per heavy atom. The van der Waals surface area contributed by atoms with E-state index in [1.165, 1.54) is 16.8 Å². The third kappa shape index (κ3) is 3.67. The predicted molar refractivity (Wildman–Crippen MR) is 90.4 cm³/mol. The Labute approximate surface area is 149 Å². The molecule has 1 fully saturated rings. The number of ether oxygens (including phenoxy) is 1. The van der Waals surface area contributed by atoms with Crippen LogP contribution in [-0.4, -0.2) is 39.6 Å². The molecule has 1 aliphatic carbocycles. The first-order valence-corrected chi connectivity index (χ1v) is 8.34. The molecule has 1 amide bonds. The minimum atomic E-state index is -2.88. The molecule has 1 unspecified atom stereocenters. The summed E-state index contributed by atoms with van der Waals surface area (Å²) in [4.78, 5) is 12.6. The number of carbonyl (C=O) groups is 1. The van der Waals surface area contributed by atoms with Gasteiger partial charge < -0.3 is 15.8 Å². The molecule has 0 aliphatic heterocycles. The first-order chi connectivity index (χ1) is 12.3. The lowest BCUT2D eigenvalue weighted by molar-refractivity contribution is -0.0498. The number of aromatic nitrogens is 3. The molecule has 3 N–H and O–H groups in total. The number of nitrogens with two attached hydrogens (primary N) is 1. The molecular weight excluding hydrogens is 344 g/mol. The number of amides is 1. The maximum Gasteiger partial charge on any atom is 0.387 e. The highest BCUT2D eigenvalue weighted by atomic mass is 19.3. The van der Waals surface area contributed by atoms with Gasteiger partial charge in [0.25, 0.3) is 5.91 Å². The molecule has 3 rings (SSSR count). The van der Waals surface area contributed by atoms with Gasteiger partial charge in [-0.05, 0) is 56.9 Å². The van der Waals surface area contributed by atoms with E-state index in [4.69, 9.17) is 5.73 Å². The minimum Gasteiger partial charge on any atom is -0.435 e. The Balaban J connectivity index is 1.78. The van der Waals surface area contributed by atoms with Crippen LogP contribution in [0.15, 0.2) is 24.3 Å². The molecule has 1 heterocycles. The largest absolute Gasteiger partial charge is 0.435 e. The van der Waals surface area contributed by atoms with Crippen LogP contribution in [0.4, 0.5) is 8.78 Å². The first-order valence-electron chi connectivity index (χ1n) is 8.34. The number of nitrogens with one attached hydrogen (secondary N) is 1. The standard InChI is InChI=1S/C17H21F2N5O2/c1-10-14(15(25)21-17(2,9-20)11-3-4-11)22-23-24(10)12-5-7-13(8-6-12)26-16(18)19/h5-8,11,16H,3-4,9,20H2,1-2H3,(H,21,25). The molecule has 0 saturated heterocycles. The van der Waals surface area contributed by atoms with E-state index >= 15 is 0 Å². The van der Waals surface area contributed by atoms with Gasteiger partial charge in [0.15, 0.2) is 5.69 Å². The number of halogens is 2. The van der Waals surface area contributed by atoms with Crippen LogP contribution in [0.1, 0.15) is 35.9 Å². The minimum absolute atomic E-state index is 0.0441. The summed E-state index contributed by atoms with van der Waals surface area (Å²) in [5.74, 6) is 0.100. The third-order valence-electron chi connectivity index (χ3n) is 4.72. The first kappa shape index (κ1) is 18.2. The summed E-state index contributed by atoms with van der Waals surface area (Å²) in [6.07, 6.45) is 2.10. The summed E-state index contributed by atoms with van der Waals surface area (Å²) in [5.41, 5.74) is 6.71. The maximum atomic E-state index is 12.6. The number of benzene rings is 1. The van der Waals surface area contributed by atoms with Gasteiger partial charge in [-0.2, -0.15) is 8.78 Å². The zero-order chi connectivity index (χ0) is 18.9. The fraction of sp³-hybridized carbons (Fsp3) is 0.471. The van der Waals surface area contributed by atoms with Crippen molar-refractivity contribution in [1.82, 2.24) is 20.3 Å². The van der Waals surface area contributed by atoms with E-state index in [1.54, 1.807) is 19.1 Å². The van der Waals surface area contributed by atoms with Gasteiger partial charge >= 0.3 is 6.61 Å². The SMILES string of the molecule is Cc1c(C(=O)NC(C)(CN)C2CC2)nnn1-c1ccc(OC(F)F)cc1. The number of alkyl halides is 2. The van der Waals surface area contributed by atoms with Crippen LogP contribution in [0, 0.1) is 12.8 Å². The second-order valence-electron chi connectivity index (χ2n) is 6.66. The van der Waals surface area contributed by atoms with Crippen molar-refractivity contribution in [2.24, 2.45) is 11.7 Å². The molecule has 1 saturated carbocycles. The summed E-state index contributed by atoms with van der Waals surface area (Å²) >= 11 is 0. The number of hydrogen-bond acceptors (Lipinski definition) is 5. The van der Waals surface area contributed by atoms with Crippen LogP contribution in [0.25, 0.3) is 5.69 Å². The van der Waals surface area contributed by atoms with Crippen LogP contribution in [0.5, 0.6) is 5.75 Å². The van der Waals surface area contributed by atoms with E-state index in [9.17, 15) is 13.6 Å². The van der Waals surface area contributed by atoms with Gasteiger partial charge in [0.1, 0.15) is 5.75 Å². The summed E-state index contributed by atoms with van der Waals surface area (Å²) < 4.78 is 30.2. The zero-order valence-electron chi connectivity index (χ0n) is 14.6. The maximum absolute atomic E-state index is 12.6. The van der Waals surface area contributed by atoms with Crippen molar-refractivity contribution in [3.05, 3.63) is 35.7 Å². The van der Waals surface area contributed by atoms with Crippen molar-refractivity contribution in [1.29, 1.82) is 0 Å². The van der Waals surface area contributed by atoms with Crippen molar-refractivity contribution in [3.8, 4) is 11.4 Å². The molecule has 1 atom stereocenters. The Hall–Kier alpha value is -2.55. The lowest BCUT2D eigenvalue weighted by Crippen LogP contribution is -2.53. The van der Waals surface area contributed by atoms with E-state index in [0.717, 1.165) is 12.8 Å². The Kier molecular flexibility index (Phi) is 4.90. The van der Waals surface area contributed by atoms with Crippen molar-refractivity contribution < 1.29 is 18.3 Å². The predicted octanol–water partition coefficient (Wildman–Crippen LogP) is 2.03. The van der Waals surface area contributed by atoms with E-state index in [-0.39, 0.29) is 17.4 Å². The van der Waals surface area contributed by atoms with Crippen LogP contribution in [0.2, 0.25) is 0 Å². The van der Waals surface area contributed by atoms with Crippen molar-refractivity contribution in [3.63, 3.8) is 0 Å². The van der Waals surface area contributed by atoms with Crippen LogP contribution in [-0.2, 0) is 0 Å². The smallest absolute Gasteiger partial charge is 0.387 e. The molecule has 7 nitrogen and oxygen atoms in total. The average Bonchev–Trinajstić information content (AvgIpc) is 3.38. The van der Waals surface area contributed by atoms with Crippen molar-refractivity contribution in [2.75, 3.05) is 6.54 Å². The third-order valence-corrected chi connectivity index (χ3v) is 4.72. The Morgan fingerprint density at radius 2 is 2.08 bits per heavy atom. The van der Waals surface area contributed by atoms with E-state index < -0.39 is 12.2 Å². The second kappa shape index (κ2) is 6.99. The number of nitrogens with zero attached hydrogens (tertiary/aromatic N) is 3. The number of carbonyl (C=O) groups excluding carboxylic acids is 1. The lowest BCUT2D eigenvalue weighted by atomic mass is 9.95. The molecule has 0 spiro atoms. The molecule has 2 aromatic rings. The molecule has 1 aliphatic rings. The zero-order valence-corrected chi connectivity index (χ0v) is 14.6. The van der Waals surface area contributed by atoms with Gasteiger partial charge in [0.05, 0.1) is 16.9 Å². The molecule has 9 heteroatoms. The van der Waals surface area contributed by atoms with E-state index in [1.807, 2.05) is 6.92 Å². The van der Waals surface area contributed by atoms with Gasteiger partial charge in [-0.25, -0.2) is 4.68 Å². The van der Waals surface area contributed by atoms with E-state index in [0.29, 0.717) is 23.8 Å². The van der Waals surface area contributed by atoms with Gasteiger partial charge in [0.2, 0.25) is 0 Å². The van der Waals surface area contributed by atoms with Crippen LogP contribution >= 0.6 is 0 Å². The van der Waals surface area contributed by atoms with Gasteiger partial charge in [-0.1, -0.05) is 5.21 Å². The summed E-state index contributed by atoms with van der Waals surface area (Å²) in [5, 5.41) is 10.9. The highest BCUT2D eigenvalue weighted by Gasteiger charge is 2.42. The highest BCUT2D eigenvalue weighted by molar-refractivity contribution is 5.93. The average molecular weight is 365 g/mol. The monoisotopic (exact) mass is 365 g/mol. The van der Waals surface area contributed by atoms with E-state index in [2.05, 4.69) is 20.4 Å². The van der Waals surface area contributed by atoms with Gasteiger partial charge in [0, 0.05) is 6.54 Å². The number of hydrogen-bond donors (Lipinski definition) is 2. The molecule has 1 aromatic carbocycles. The Bertz CT molecular complexity index is 789. The fourth-order valence-corrected chi connectivity index (χ4v) is 2.91. The van der Waals surface area contributed by atoms with Crippen molar-refractivity contribution in [2.45, 2.75) is 38.8 Å². The van der Waals surface area contributed by atoms with Gasteiger partial charge in [-0.15, -0.1) is 5.10 Å². The second-order valence-corrected chi connectivity index (χ2v) is 6.66. The molecular formula is C17H21F2N5O2. The fourth-order valence-electron chi connectivity index (χ4n) is 2.91. The molecule has 26 heavy (non-hydrogen) atoms. The van der Waals surface area contributed by atoms with Gasteiger partial charge in [-0.3, -0.25) is 4.79 Å².